The van der Waals surface area contributed by atoms with Crippen molar-refractivity contribution in [3.8, 4) is 0 Å². The number of fused-ring (bicyclic) bond motifs is 2. The van der Waals surface area contributed by atoms with Crippen LogP contribution in [-0.2, 0) is 0 Å². The van der Waals surface area contributed by atoms with Crippen LogP contribution in [-0.4, -0.2) is 36.5 Å². The summed E-state index contributed by atoms with van der Waals surface area (Å²) >= 11 is 3.27. The van der Waals surface area contributed by atoms with Crippen LogP contribution in [0.1, 0.15) is 0 Å². The SMILES string of the molecule is Nc1cc2cc3sc(N(CCO)CCO)cc3cc2s1. The molecule has 0 radical (unpaired) electrons. The van der Waals surface area contributed by atoms with E-state index in [0.29, 0.717) is 13.1 Å². The zero-order valence-corrected chi connectivity index (χ0v) is 12.5. The lowest BCUT2D eigenvalue weighted by atomic mass is 10.2. The van der Waals surface area contributed by atoms with E-state index in [1.54, 1.807) is 22.7 Å². The van der Waals surface area contributed by atoms with Crippen LogP contribution in [0.15, 0.2) is 24.3 Å². The summed E-state index contributed by atoms with van der Waals surface area (Å²) in [5.74, 6) is 0. The molecule has 0 saturated carbocycles. The smallest absolute Gasteiger partial charge is 0.0922 e. The highest BCUT2D eigenvalue weighted by Crippen LogP contribution is 2.38. The highest BCUT2D eigenvalue weighted by Gasteiger charge is 2.11. The summed E-state index contributed by atoms with van der Waals surface area (Å²) in [5.41, 5.74) is 5.84. The molecular formula is C14H16N2O2S2. The van der Waals surface area contributed by atoms with Crippen LogP contribution in [0.25, 0.3) is 20.2 Å². The average molecular weight is 308 g/mol. The molecule has 3 rings (SSSR count). The quantitative estimate of drug-likeness (QED) is 0.677. The summed E-state index contributed by atoms with van der Waals surface area (Å²) in [6, 6.07) is 8.42. The van der Waals surface area contributed by atoms with Gasteiger partial charge in [0.05, 0.1) is 23.2 Å². The van der Waals surface area contributed by atoms with Gasteiger partial charge in [-0.2, -0.15) is 0 Å². The highest BCUT2D eigenvalue weighted by atomic mass is 32.1. The predicted octanol–water partition coefficient (Wildman–Crippen LogP) is 2.49. The Morgan fingerprint density at radius 3 is 2.15 bits per heavy atom. The first-order valence-electron chi connectivity index (χ1n) is 6.40. The van der Waals surface area contributed by atoms with Gasteiger partial charge in [0.25, 0.3) is 0 Å². The lowest BCUT2D eigenvalue weighted by Crippen LogP contribution is -2.28. The third-order valence-corrected chi connectivity index (χ3v) is 5.30. The van der Waals surface area contributed by atoms with E-state index in [2.05, 4.69) is 18.2 Å². The second kappa shape index (κ2) is 5.57. The molecule has 4 N–H and O–H groups in total. The van der Waals surface area contributed by atoms with E-state index >= 15 is 0 Å². The molecule has 0 amide bonds. The van der Waals surface area contributed by atoms with Crippen molar-refractivity contribution in [3.63, 3.8) is 0 Å². The number of rotatable bonds is 5. The molecule has 0 bridgehead atoms. The van der Waals surface area contributed by atoms with Gasteiger partial charge in [0.1, 0.15) is 0 Å². The Kier molecular flexibility index (Phi) is 3.80. The molecule has 0 aliphatic heterocycles. The number of nitrogens with two attached hydrogens (primary N) is 1. The van der Waals surface area contributed by atoms with Gasteiger partial charge in [0.15, 0.2) is 0 Å². The molecule has 6 heteroatoms. The van der Waals surface area contributed by atoms with Crippen molar-refractivity contribution in [2.24, 2.45) is 0 Å². The third kappa shape index (κ3) is 2.47. The van der Waals surface area contributed by atoms with Crippen LogP contribution in [0, 0.1) is 0 Å². The van der Waals surface area contributed by atoms with Gasteiger partial charge in [0, 0.05) is 22.5 Å². The van der Waals surface area contributed by atoms with E-state index in [1.165, 1.54) is 20.2 Å². The molecule has 0 aliphatic rings. The first kappa shape index (κ1) is 13.6. The fourth-order valence-corrected chi connectivity index (χ4v) is 4.31. The summed E-state index contributed by atoms with van der Waals surface area (Å²) in [5, 5.41) is 22.5. The molecule has 2 aromatic heterocycles. The van der Waals surface area contributed by atoms with Gasteiger partial charge in [-0.3, -0.25) is 0 Å². The first-order valence-corrected chi connectivity index (χ1v) is 8.04. The fourth-order valence-electron chi connectivity index (χ4n) is 2.31. The Labute approximate surface area is 124 Å². The Morgan fingerprint density at radius 2 is 1.50 bits per heavy atom. The maximum absolute atomic E-state index is 9.12. The second-order valence-electron chi connectivity index (χ2n) is 4.60. The Morgan fingerprint density at radius 1 is 0.900 bits per heavy atom. The molecule has 0 fully saturated rings. The highest BCUT2D eigenvalue weighted by molar-refractivity contribution is 7.24. The average Bonchev–Trinajstić information content (AvgIpc) is 2.96. The predicted molar refractivity (Wildman–Crippen MR) is 88.0 cm³/mol. The minimum Gasteiger partial charge on any atom is -0.395 e. The van der Waals surface area contributed by atoms with Gasteiger partial charge < -0.3 is 20.8 Å². The first-order chi connectivity index (χ1) is 9.71. The van der Waals surface area contributed by atoms with Gasteiger partial charge in [-0.15, -0.1) is 22.7 Å². The molecule has 0 aliphatic carbocycles. The summed E-state index contributed by atoms with van der Waals surface area (Å²) < 4.78 is 2.39. The molecule has 0 atom stereocenters. The van der Waals surface area contributed by atoms with E-state index in [4.69, 9.17) is 15.9 Å². The number of nitrogen functional groups attached to an aromatic ring is 1. The normalized spacial score (nSPS) is 11.5. The van der Waals surface area contributed by atoms with Crippen LogP contribution in [0.4, 0.5) is 10.0 Å². The number of hydrogen-bond acceptors (Lipinski definition) is 6. The minimum absolute atomic E-state index is 0.0832. The van der Waals surface area contributed by atoms with Crippen molar-refractivity contribution in [2.45, 2.75) is 0 Å². The second-order valence-corrected chi connectivity index (χ2v) is 6.77. The molecule has 0 spiro atoms. The van der Waals surface area contributed by atoms with Crippen molar-refractivity contribution >= 4 is 52.8 Å². The summed E-state index contributed by atoms with van der Waals surface area (Å²) in [6.45, 7) is 1.24. The van der Waals surface area contributed by atoms with Gasteiger partial charge in [-0.1, -0.05) is 0 Å². The minimum atomic E-state index is 0.0832. The molecule has 2 heterocycles. The topological polar surface area (TPSA) is 69.7 Å². The summed E-state index contributed by atoms with van der Waals surface area (Å²) in [6.07, 6.45) is 0. The molecule has 0 unspecified atom stereocenters. The number of thiophene rings is 2. The van der Waals surface area contributed by atoms with Crippen LogP contribution < -0.4 is 10.6 Å². The Hall–Kier alpha value is -1.34. The largest absolute Gasteiger partial charge is 0.395 e. The Bertz CT molecular complexity index is 678. The van der Waals surface area contributed by atoms with E-state index in [9.17, 15) is 0 Å². The van der Waals surface area contributed by atoms with Crippen molar-refractivity contribution in [3.05, 3.63) is 24.3 Å². The third-order valence-electron chi connectivity index (χ3n) is 3.21. The number of nitrogens with zero attached hydrogens (tertiary/aromatic N) is 1. The van der Waals surface area contributed by atoms with Crippen molar-refractivity contribution in [1.29, 1.82) is 0 Å². The van der Waals surface area contributed by atoms with Crippen molar-refractivity contribution < 1.29 is 10.2 Å². The molecule has 0 saturated heterocycles. The lowest BCUT2D eigenvalue weighted by Gasteiger charge is -2.20. The number of aliphatic hydroxyl groups excluding tert-OH is 2. The maximum atomic E-state index is 9.12. The Balaban J connectivity index is 2.04. The standard InChI is InChI=1S/C14H16N2O2S2/c15-13-7-9-5-12-10(6-11(9)19-13)8-14(20-12)16(1-3-17)2-4-18/h5-8,17-18H,1-4,15H2. The van der Waals surface area contributed by atoms with Crippen LogP contribution >= 0.6 is 22.7 Å². The number of benzene rings is 1. The summed E-state index contributed by atoms with van der Waals surface area (Å²) in [4.78, 5) is 2.01. The molecule has 1 aromatic carbocycles. The van der Waals surface area contributed by atoms with Gasteiger partial charge in [-0.05, 0) is 35.0 Å². The van der Waals surface area contributed by atoms with Crippen molar-refractivity contribution in [2.75, 3.05) is 36.9 Å². The van der Waals surface area contributed by atoms with E-state index in [1.807, 2.05) is 11.0 Å². The van der Waals surface area contributed by atoms with Crippen LogP contribution in [0.3, 0.4) is 0 Å². The van der Waals surface area contributed by atoms with Crippen LogP contribution in [0.2, 0.25) is 0 Å². The maximum Gasteiger partial charge on any atom is 0.0922 e. The fraction of sp³-hybridized carbons (Fsp3) is 0.286. The molecule has 106 valence electrons. The number of aliphatic hydroxyl groups is 2. The van der Waals surface area contributed by atoms with Crippen molar-refractivity contribution in [1.82, 2.24) is 0 Å². The van der Waals surface area contributed by atoms with E-state index in [-0.39, 0.29) is 13.2 Å². The van der Waals surface area contributed by atoms with Gasteiger partial charge in [0.2, 0.25) is 0 Å². The molecule has 3 aromatic rings. The monoisotopic (exact) mass is 308 g/mol. The molecule has 4 nitrogen and oxygen atoms in total. The zero-order chi connectivity index (χ0) is 14.1. The van der Waals surface area contributed by atoms with Gasteiger partial charge in [-0.25, -0.2) is 0 Å². The number of hydrogen-bond donors (Lipinski definition) is 3. The number of anilines is 2. The van der Waals surface area contributed by atoms with Crippen LogP contribution in [0.5, 0.6) is 0 Å². The van der Waals surface area contributed by atoms with Gasteiger partial charge >= 0.3 is 0 Å². The van der Waals surface area contributed by atoms with E-state index < -0.39 is 0 Å². The molecular weight excluding hydrogens is 292 g/mol. The lowest BCUT2D eigenvalue weighted by molar-refractivity contribution is 0.281. The summed E-state index contributed by atoms with van der Waals surface area (Å²) in [7, 11) is 0. The van der Waals surface area contributed by atoms with E-state index in [0.717, 1.165) is 10.0 Å². The zero-order valence-electron chi connectivity index (χ0n) is 10.9. The molecule has 20 heavy (non-hydrogen) atoms.